The molecule has 3 heteroatoms. The van der Waals surface area contributed by atoms with Gasteiger partial charge in [-0.2, -0.15) is 0 Å². The Morgan fingerprint density at radius 2 is 1.27 bits per heavy atom. The SMILES string of the molecule is CCCCCC=CCC=CCC=CCC=CCCCC(O)CCC(=O)O. The fourth-order valence-electron chi connectivity index (χ4n) is 2.47. The van der Waals surface area contributed by atoms with Crippen LogP contribution in [0, 0.1) is 0 Å². The third-order valence-corrected chi connectivity index (χ3v) is 4.06. The Morgan fingerprint density at radius 3 is 1.77 bits per heavy atom. The average Bonchev–Trinajstić information content (AvgIpc) is 2.62. The van der Waals surface area contributed by atoms with Crippen LogP contribution in [0.25, 0.3) is 0 Å². The topological polar surface area (TPSA) is 57.5 Å². The Balaban J connectivity index is 3.47. The Labute approximate surface area is 160 Å². The number of hydrogen-bond acceptors (Lipinski definition) is 2. The Bertz CT molecular complexity index is 433. The molecule has 0 radical (unpaired) electrons. The maximum Gasteiger partial charge on any atom is 0.303 e. The summed E-state index contributed by atoms with van der Waals surface area (Å²) in [5.74, 6) is -0.843. The van der Waals surface area contributed by atoms with Crippen LogP contribution in [0.4, 0.5) is 0 Å². The van der Waals surface area contributed by atoms with Gasteiger partial charge in [0.1, 0.15) is 0 Å². The van der Waals surface area contributed by atoms with Crippen molar-refractivity contribution >= 4 is 5.97 Å². The predicted octanol–water partition coefficient (Wildman–Crippen LogP) is 6.36. The molecular formula is C23H38O3. The summed E-state index contributed by atoms with van der Waals surface area (Å²) in [6.45, 7) is 2.23. The first-order valence-corrected chi connectivity index (χ1v) is 10.2. The highest BCUT2D eigenvalue weighted by Gasteiger charge is 2.05. The number of aliphatic hydroxyl groups is 1. The molecule has 0 bridgehead atoms. The summed E-state index contributed by atoms with van der Waals surface area (Å²) in [4.78, 5) is 10.4. The first-order valence-electron chi connectivity index (χ1n) is 10.2. The van der Waals surface area contributed by atoms with Gasteiger partial charge in [0.15, 0.2) is 0 Å². The van der Waals surface area contributed by atoms with E-state index in [9.17, 15) is 9.90 Å². The number of unbranched alkanes of at least 4 members (excludes halogenated alkanes) is 4. The van der Waals surface area contributed by atoms with Crippen LogP contribution in [-0.4, -0.2) is 22.3 Å². The summed E-state index contributed by atoms with van der Waals surface area (Å²) in [6, 6.07) is 0. The molecule has 2 N–H and O–H groups in total. The number of carboxylic acids is 1. The molecule has 1 unspecified atom stereocenters. The Morgan fingerprint density at radius 1 is 0.769 bits per heavy atom. The monoisotopic (exact) mass is 362 g/mol. The number of carboxylic acid groups (broad SMARTS) is 1. The molecule has 0 rings (SSSR count). The zero-order valence-electron chi connectivity index (χ0n) is 16.5. The molecule has 0 spiro atoms. The van der Waals surface area contributed by atoms with Gasteiger partial charge in [-0.05, 0) is 57.8 Å². The Hall–Kier alpha value is -1.61. The fraction of sp³-hybridized carbons (Fsp3) is 0.609. The largest absolute Gasteiger partial charge is 0.481 e. The van der Waals surface area contributed by atoms with E-state index in [-0.39, 0.29) is 6.42 Å². The third-order valence-electron chi connectivity index (χ3n) is 4.06. The van der Waals surface area contributed by atoms with Crippen LogP contribution in [0.2, 0.25) is 0 Å². The second-order valence-electron chi connectivity index (χ2n) is 6.61. The second-order valence-corrected chi connectivity index (χ2v) is 6.61. The van der Waals surface area contributed by atoms with E-state index >= 15 is 0 Å². The van der Waals surface area contributed by atoms with Crippen LogP contribution < -0.4 is 0 Å². The second kappa shape index (κ2) is 19.7. The Kier molecular flexibility index (Phi) is 18.5. The molecule has 1 atom stereocenters. The summed E-state index contributed by atoms with van der Waals surface area (Å²) >= 11 is 0. The first kappa shape index (κ1) is 24.4. The standard InChI is InChI=1S/C23H38O3/c1-2-3-4-5-6-7-8-9-10-11-12-13-14-15-16-17-18-19-22(24)20-21-23(25)26/h6-7,9-10,12-13,15-16,22,24H,2-5,8,11,14,17-21H2,1H3,(H,25,26). The van der Waals surface area contributed by atoms with Crippen LogP contribution in [0.3, 0.4) is 0 Å². The summed E-state index contributed by atoms with van der Waals surface area (Å²) in [5.41, 5.74) is 0. The van der Waals surface area contributed by atoms with Gasteiger partial charge in [0.2, 0.25) is 0 Å². The number of carbonyl (C=O) groups is 1. The zero-order valence-corrected chi connectivity index (χ0v) is 16.5. The highest BCUT2D eigenvalue weighted by molar-refractivity contribution is 5.66. The van der Waals surface area contributed by atoms with Crippen molar-refractivity contribution in [2.75, 3.05) is 0 Å². The van der Waals surface area contributed by atoms with Gasteiger partial charge in [-0.15, -0.1) is 0 Å². The molecule has 0 aliphatic carbocycles. The molecule has 0 saturated heterocycles. The molecule has 0 amide bonds. The van der Waals surface area contributed by atoms with Crippen LogP contribution in [-0.2, 0) is 4.79 Å². The van der Waals surface area contributed by atoms with Crippen molar-refractivity contribution in [1.29, 1.82) is 0 Å². The molecule has 0 heterocycles. The van der Waals surface area contributed by atoms with Crippen molar-refractivity contribution in [3.63, 3.8) is 0 Å². The molecule has 0 fully saturated rings. The van der Waals surface area contributed by atoms with Crippen LogP contribution in [0.15, 0.2) is 48.6 Å². The lowest BCUT2D eigenvalue weighted by molar-refractivity contribution is -0.137. The minimum Gasteiger partial charge on any atom is -0.481 e. The number of aliphatic hydroxyl groups excluding tert-OH is 1. The smallest absolute Gasteiger partial charge is 0.303 e. The maximum absolute atomic E-state index is 10.4. The van der Waals surface area contributed by atoms with Gasteiger partial charge in [0.25, 0.3) is 0 Å². The minimum absolute atomic E-state index is 0.0471. The number of aliphatic carboxylic acids is 1. The summed E-state index contributed by atoms with van der Waals surface area (Å²) in [7, 11) is 0. The van der Waals surface area contributed by atoms with Gasteiger partial charge in [-0.25, -0.2) is 0 Å². The molecule has 0 aromatic carbocycles. The lowest BCUT2D eigenvalue weighted by Gasteiger charge is -2.07. The first-order chi connectivity index (χ1) is 12.7. The van der Waals surface area contributed by atoms with Crippen molar-refractivity contribution in [3.8, 4) is 0 Å². The molecule has 0 saturated carbocycles. The molecule has 0 aromatic heterocycles. The molecule has 26 heavy (non-hydrogen) atoms. The minimum atomic E-state index is -0.843. The van der Waals surface area contributed by atoms with Crippen molar-refractivity contribution in [1.82, 2.24) is 0 Å². The summed E-state index contributed by atoms with van der Waals surface area (Å²) in [5, 5.41) is 18.2. The van der Waals surface area contributed by atoms with Gasteiger partial charge >= 0.3 is 5.97 Å². The van der Waals surface area contributed by atoms with E-state index in [4.69, 9.17) is 5.11 Å². The summed E-state index contributed by atoms with van der Waals surface area (Å²) < 4.78 is 0. The molecule has 148 valence electrons. The van der Waals surface area contributed by atoms with Gasteiger partial charge in [-0.1, -0.05) is 68.4 Å². The third kappa shape index (κ3) is 20.4. The van der Waals surface area contributed by atoms with Gasteiger partial charge in [0.05, 0.1) is 6.10 Å². The van der Waals surface area contributed by atoms with E-state index in [2.05, 4.69) is 55.5 Å². The molecular weight excluding hydrogens is 324 g/mol. The van der Waals surface area contributed by atoms with E-state index in [0.29, 0.717) is 12.8 Å². The molecule has 0 aromatic rings. The maximum atomic E-state index is 10.4. The predicted molar refractivity (Wildman–Crippen MR) is 111 cm³/mol. The highest BCUT2D eigenvalue weighted by Crippen LogP contribution is 2.07. The van der Waals surface area contributed by atoms with Crippen molar-refractivity contribution in [2.45, 2.75) is 90.1 Å². The van der Waals surface area contributed by atoms with E-state index in [1.54, 1.807) is 0 Å². The van der Waals surface area contributed by atoms with E-state index in [0.717, 1.165) is 32.1 Å². The van der Waals surface area contributed by atoms with E-state index < -0.39 is 12.1 Å². The molecule has 0 aliphatic rings. The van der Waals surface area contributed by atoms with E-state index in [1.165, 1.54) is 25.7 Å². The van der Waals surface area contributed by atoms with Crippen molar-refractivity contribution in [3.05, 3.63) is 48.6 Å². The lowest BCUT2D eigenvalue weighted by atomic mass is 10.1. The lowest BCUT2D eigenvalue weighted by Crippen LogP contribution is -2.08. The number of hydrogen-bond donors (Lipinski definition) is 2. The van der Waals surface area contributed by atoms with E-state index in [1.807, 2.05) is 0 Å². The van der Waals surface area contributed by atoms with Crippen LogP contribution >= 0.6 is 0 Å². The van der Waals surface area contributed by atoms with Crippen LogP contribution in [0.1, 0.15) is 84.0 Å². The average molecular weight is 363 g/mol. The van der Waals surface area contributed by atoms with Crippen LogP contribution in [0.5, 0.6) is 0 Å². The van der Waals surface area contributed by atoms with Gasteiger partial charge in [-0.3, -0.25) is 4.79 Å². The highest BCUT2D eigenvalue weighted by atomic mass is 16.4. The summed E-state index contributed by atoms with van der Waals surface area (Å²) in [6.07, 6.45) is 28.1. The van der Waals surface area contributed by atoms with Crippen molar-refractivity contribution in [2.24, 2.45) is 0 Å². The number of rotatable bonds is 17. The zero-order chi connectivity index (χ0) is 19.3. The van der Waals surface area contributed by atoms with Gasteiger partial charge in [0, 0.05) is 6.42 Å². The normalized spacial score (nSPS) is 13.6. The number of allylic oxidation sites excluding steroid dienone is 8. The van der Waals surface area contributed by atoms with Gasteiger partial charge < -0.3 is 10.2 Å². The fourth-order valence-corrected chi connectivity index (χ4v) is 2.47. The molecule has 3 nitrogen and oxygen atoms in total. The van der Waals surface area contributed by atoms with Crippen molar-refractivity contribution < 1.29 is 15.0 Å². The molecule has 0 aliphatic heterocycles. The quantitative estimate of drug-likeness (QED) is 0.234.